The van der Waals surface area contributed by atoms with Gasteiger partial charge in [-0.3, -0.25) is 14.5 Å². The normalized spacial score (nSPS) is 10.8. The number of nitrogens with one attached hydrogen (secondary N) is 1. The largest absolute Gasteiger partial charge is 0.461 e. The van der Waals surface area contributed by atoms with Gasteiger partial charge in [0.1, 0.15) is 0 Å². The van der Waals surface area contributed by atoms with Gasteiger partial charge in [-0.15, -0.1) is 0 Å². The van der Waals surface area contributed by atoms with Crippen LogP contribution in [0, 0.1) is 0 Å². The fourth-order valence-corrected chi connectivity index (χ4v) is 2.58. The van der Waals surface area contributed by atoms with Gasteiger partial charge in [0.25, 0.3) is 5.91 Å². The summed E-state index contributed by atoms with van der Waals surface area (Å²) in [4.78, 5) is 16.3. The van der Waals surface area contributed by atoms with E-state index in [0.29, 0.717) is 11.5 Å². The highest BCUT2D eigenvalue weighted by Gasteiger charge is 2.16. The third-order valence-corrected chi connectivity index (χ3v) is 3.84. The molecular weight excluding hydrogens is 334 g/mol. The predicted molar refractivity (Wildman–Crippen MR) is 91.8 cm³/mol. The molecule has 4 heterocycles. The van der Waals surface area contributed by atoms with Gasteiger partial charge in [-0.05, 0) is 30.3 Å². The lowest BCUT2D eigenvalue weighted by Crippen LogP contribution is -2.23. The van der Waals surface area contributed by atoms with Crippen molar-refractivity contribution in [2.24, 2.45) is 7.05 Å². The average Bonchev–Trinajstić information content (AvgIpc) is 3.40. The van der Waals surface area contributed by atoms with Crippen molar-refractivity contribution in [1.82, 2.24) is 25.2 Å². The van der Waals surface area contributed by atoms with E-state index < -0.39 is 0 Å². The standard InChI is InChI=1S/C18H15N5O3/c1-23-15(12-4-6-19-7-5-12)9-13(21-23)11-20-18(24)14-10-17(26-22-14)16-3-2-8-25-16/h2-10H,11H2,1H3,(H,20,24). The molecule has 1 amide bonds. The zero-order chi connectivity index (χ0) is 17.9. The second-order valence-electron chi connectivity index (χ2n) is 5.62. The first-order valence-corrected chi connectivity index (χ1v) is 7.93. The van der Waals surface area contributed by atoms with Gasteiger partial charge in [0.15, 0.2) is 11.5 Å². The number of nitrogens with zero attached hydrogens (tertiary/aromatic N) is 4. The van der Waals surface area contributed by atoms with E-state index in [1.807, 2.05) is 25.2 Å². The summed E-state index contributed by atoms with van der Waals surface area (Å²) in [6.45, 7) is 0.278. The molecule has 4 rings (SSSR count). The van der Waals surface area contributed by atoms with Crippen LogP contribution < -0.4 is 5.32 Å². The van der Waals surface area contributed by atoms with Crippen molar-refractivity contribution in [2.45, 2.75) is 6.54 Å². The van der Waals surface area contributed by atoms with Crippen LogP contribution in [0.15, 0.2) is 64.0 Å². The molecule has 8 heteroatoms. The van der Waals surface area contributed by atoms with Gasteiger partial charge in [-0.1, -0.05) is 5.16 Å². The summed E-state index contributed by atoms with van der Waals surface area (Å²) in [5, 5.41) is 11.0. The van der Waals surface area contributed by atoms with Gasteiger partial charge in [0.05, 0.1) is 24.2 Å². The van der Waals surface area contributed by atoms with Crippen LogP contribution in [0.3, 0.4) is 0 Å². The van der Waals surface area contributed by atoms with Gasteiger partial charge in [0, 0.05) is 31.1 Å². The van der Waals surface area contributed by atoms with Gasteiger partial charge in [-0.25, -0.2) is 0 Å². The fourth-order valence-electron chi connectivity index (χ4n) is 2.58. The molecular formula is C18H15N5O3. The molecule has 0 aliphatic heterocycles. The molecule has 0 aliphatic rings. The van der Waals surface area contributed by atoms with Crippen LogP contribution in [0.2, 0.25) is 0 Å². The van der Waals surface area contributed by atoms with E-state index in [1.54, 1.807) is 29.2 Å². The molecule has 130 valence electrons. The Balaban J connectivity index is 1.44. The highest BCUT2D eigenvalue weighted by atomic mass is 16.5. The lowest BCUT2D eigenvalue weighted by molar-refractivity contribution is 0.0941. The summed E-state index contributed by atoms with van der Waals surface area (Å²) in [7, 11) is 1.86. The SMILES string of the molecule is Cn1nc(CNC(=O)c2cc(-c3ccco3)on2)cc1-c1ccncc1. The van der Waals surface area contributed by atoms with Crippen molar-refractivity contribution in [3.63, 3.8) is 0 Å². The Kier molecular flexibility index (Phi) is 4.06. The third-order valence-electron chi connectivity index (χ3n) is 3.84. The van der Waals surface area contributed by atoms with Gasteiger partial charge in [0.2, 0.25) is 5.76 Å². The van der Waals surface area contributed by atoms with E-state index in [1.165, 1.54) is 12.3 Å². The maximum absolute atomic E-state index is 12.3. The topological polar surface area (TPSA) is 99.0 Å². The van der Waals surface area contributed by atoms with Gasteiger partial charge < -0.3 is 14.3 Å². The third kappa shape index (κ3) is 3.12. The molecule has 0 saturated carbocycles. The van der Waals surface area contributed by atoms with E-state index in [0.717, 1.165) is 17.0 Å². The molecule has 26 heavy (non-hydrogen) atoms. The molecule has 0 aliphatic carbocycles. The zero-order valence-electron chi connectivity index (χ0n) is 13.9. The van der Waals surface area contributed by atoms with E-state index in [9.17, 15) is 4.79 Å². The number of amides is 1. The summed E-state index contributed by atoms with van der Waals surface area (Å²) in [5.74, 6) is 0.573. The molecule has 4 aromatic rings. The number of aryl methyl sites for hydroxylation is 1. The summed E-state index contributed by atoms with van der Waals surface area (Å²) in [5.41, 5.74) is 2.87. The highest BCUT2D eigenvalue weighted by molar-refractivity contribution is 5.92. The van der Waals surface area contributed by atoms with Crippen LogP contribution in [-0.2, 0) is 13.6 Å². The Labute approximate surface area is 148 Å². The molecule has 8 nitrogen and oxygen atoms in total. The second-order valence-corrected chi connectivity index (χ2v) is 5.62. The summed E-state index contributed by atoms with van der Waals surface area (Å²) >= 11 is 0. The minimum Gasteiger partial charge on any atom is -0.461 e. The molecule has 4 aromatic heterocycles. The van der Waals surface area contributed by atoms with Crippen molar-refractivity contribution < 1.29 is 13.7 Å². The molecule has 0 spiro atoms. The minimum absolute atomic E-state index is 0.182. The van der Waals surface area contributed by atoms with Crippen LogP contribution in [-0.4, -0.2) is 25.8 Å². The van der Waals surface area contributed by atoms with Crippen LogP contribution in [0.25, 0.3) is 22.8 Å². The number of furan rings is 1. The Morgan fingerprint density at radius 2 is 2.04 bits per heavy atom. The van der Waals surface area contributed by atoms with Crippen LogP contribution >= 0.6 is 0 Å². The van der Waals surface area contributed by atoms with Gasteiger partial charge >= 0.3 is 0 Å². The van der Waals surface area contributed by atoms with Crippen molar-refractivity contribution in [2.75, 3.05) is 0 Å². The summed E-state index contributed by atoms with van der Waals surface area (Å²) in [6.07, 6.45) is 4.98. The first-order chi connectivity index (χ1) is 12.7. The van der Waals surface area contributed by atoms with Crippen molar-refractivity contribution in [1.29, 1.82) is 0 Å². The number of carbonyl (C=O) groups is 1. The lowest BCUT2D eigenvalue weighted by Gasteiger charge is -1.99. The molecule has 0 bridgehead atoms. The van der Waals surface area contributed by atoms with E-state index in [-0.39, 0.29) is 18.1 Å². The Morgan fingerprint density at radius 1 is 1.19 bits per heavy atom. The number of pyridine rings is 1. The Hall–Kier alpha value is -3.68. The molecule has 0 radical (unpaired) electrons. The van der Waals surface area contributed by atoms with E-state index in [2.05, 4.69) is 20.6 Å². The van der Waals surface area contributed by atoms with Gasteiger partial charge in [-0.2, -0.15) is 5.10 Å². The maximum Gasteiger partial charge on any atom is 0.273 e. The number of rotatable bonds is 5. The Morgan fingerprint density at radius 3 is 2.81 bits per heavy atom. The molecule has 0 atom stereocenters. The molecule has 0 saturated heterocycles. The monoisotopic (exact) mass is 349 g/mol. The predicted octanol–water partition coefficient (Wildman–Crippen LogP) is 2.66. The summed E-state index contributed by atoms with van der Waals surface area (Å²) < 4.78 is 12.1. The van der Waals surface area contributed by atoms with E-state index >= 15 is 0 Å². The number of hydrogen-bond acceptors (Lipinski definition) is 6. The smallest absolute Gasteiger partial charge is 0.273 e. The first kappa shape index (κ1) is 15.8. The van der Waals surface area contributed by atoms with Crippen LogP contribution in [0.5, 0.6) is 0 Å². The quantitative estimate of drug-likeness (QED) is 0.595. The first-order valence-electron chi connectivity index (χ1n) is 7.93. The van der Waals surface area contributed by atoms with Crippen molar-refractivity contribution >= 4 is 5.91 Å². The summed E-state index contributed by atoms with van der Waals surface area (Å²) in [6, 6.07) is 10.7. The average molecular weight is 349 g/mol. The fraction of sp³-hybridized carbons (Fsp3) is 0.111. The Bertz CT molecular complexity index is 1020. The second kappa shape index (κ2) is 6.67. The van der Waals surface area contributed by atoms with Crippen LogP contribution in [0.1, 0.15) is 16.2 Å². The zero-order valence-corrected chi connectivity index (χ0v) is 13.9. The van der Waals surface area contributed by atoms with Crippen molar-refractivity contribution in [3.05, 3.63) is 66.4 Å². The number of carbonyl (C=O) groups excluding carboxylic acids is 1. The number of hydrogen-bond donors (Lipinski definition) is 1. The van der Waals surface area contributed by atoms with E-state index in [4.69, 9.17) is 8.94 Å². The molecule has 0 unspecified atom stereocenters. The molecule has 0 aromatic carbocycles. The highest BCUT2D eigenvalue weighted by Crippen LogP contribution is 2.21. The molecule has 1 N–H and O–H groups in total. The number of aromatic nitrogens is 4. The molecule has 0 fully saturated rings. The van der Waals surface area contributed by atoms with Crippen LogP contribution in [0.4, 0.5) is 0 Å². The van der Waals surface area contributed by atoms with Crippen molar-refractivity contribution in [3.8, 4) is 22.8 Å². The minimum atomic E-state index is -0.345. The maximum atomic E-state index is 12.3. The lowest BCUT2D eigenvalue weighted by atomic mass is 10.2.